The van der Waals surface area contributed by atoms with Crippen molar-refractivity contribution in [3.63, 3.8) is 0 Å². The Morgan fingerprint density at radius 2 is 1.77 bits per heavy atom. The van der Waals surface area contributed by atoms with Crippen molar-refractivity contribution < 1.29 is 19.4 Å². The number of aromatic carboxylic acids is 1. The topological polar surface area (TPSA) is 107 Å². The normalized spacial score (nSPS) is 14.2. The standard InChI is InChI=1S/C44H42Cl2N6O4/c1-24-16-29-20-37(44(54)55)50(22-30-10-7-8-14-47-30)40(29)36(17-24)51-21-27(4)52-41-33(12-13-35(45)38(41)34-23-49(6)48-28(34)5)32(42(52)43(51)53)11-9-15-56-31-18-25(2)39(46)26(3)19-31/h7-8,10,12-14,16-20,23,27H,9,11,15,21-22H2,1-6H3,(H,54,55)/t27-/m1/s1. The SMILES string of the molecule is Cc1cc(N2C[C@@H](C)n3c(c(CCCOc4cc(C)c(Cl)c(C)c4)c4ccc(Cl)c(-c5cn(C)nc5C)c43)C2=O)c2c(c1)cc(C(=O)O)n2Cc1ccccn1. The van der Waals surface area contributed by atoms with E-state index in [1.54, 1.807) is 21.5 Å². The number of carbonyl (C=O) groups excluding carboxylic acids is 1. The van der Waals surface area contributed by atoms with E-state index in [0.717, 1.165) is 66.1 Å². The smallest absolute Gasteiger partial charge is 0.352 e. The van der Waals surface area contributed by atoms with Gasteiger partial charge in [0.1, 0.15) is 17.1 Å². The molecule has 0 saturated heterocycles. The van der Waals surface area contributed by atoms with E-state index < -0.39 is 5.97 Å². The highest BCUT2D eigenvalue weighted by Crippen LogP contribution is 2.45. The fraction of sp³-hybridized carbons (Fsp3) is 0.273. The quantitative estimate of drug-likeness (QED) is 0.138. The summed E-state index contributed by atoms with van der Waals surface area (Å²) >= 11 is 13.5. The zero-order valence-electron chi connectivity index (χ0n) is 32.2. The summed E-state index contributed by atoms with van der Waals surface area (Å²) < 4.78 is 11.9. The highest BCUT2D eigenvalue weighted by molar-refractivity contribution is 6.35. The van der Waals surface area contributed by atoms with Crippen LogP contribution in [0.4, 0.5) is 5.69 Å². The first kappa shape index (κ1) is 37.3. The molecule has 0 bridgehead atoms. The van der Waals surface area contributed by atoms with Crippen molar-refractivity contribution in [1.82, 2.24) is 23.9 Å². The second kappa shape index (κ2) is 14.5. The molecule has 12 heteroatoms. The summed E-state index contributed by atoms with van der Waals surface area (Å²) in [6.45, 7) is 11.0. The van der Waals surface area contributed by atoms with Gasteiger partial charge < -0.3 is 23.9 Å². The minimum Gasteiger partial charge on any atom is -0.494 e. The Morgan fingerprint density at radius 3 is 2.45 bits per heavy atom. The maximum absolute atomic E-state index is 15.4. The number of carboxylic acids is 1. The molecule has 0 saturated carbocycles. The molecular weight excluding hydrogens is 747 g/mol. The number of fused-ring (bicyclic) bond motifs is 4. The van der Waals surface area contributed by atoms with E-state index in [1.165, 1.54) is 0 Å². The van der Waals surface area contributed by atoms with Gasteiger partial charge in [-0.3, -0.25) is 14.5 Å². The number of benzene rings is 3. The third-order valence-electron chi connectivity index (χ3n) is 10.8. The Hall–Kier alpha value is -5.58. The molecule has 0 radical (unpaired) electrons. The van der Waals surface area contributed by atoms with E-state index in [4.69, 9.17) is 27.9 Å². The molecule has 1 aliphatic heterocycles. The average molecular weight is 790 g/mol. The Morgan fingerprint density at radius 1 is 1.00 bits per heavy atom. The van der Waals surface area contributed by atoms with Gasteiger partial charge in [0.05, 0.1) is 46.3 Å². The van der Waals surface area contributed by atoms with E-state index in [-0.39, 0.29) is 24.2 Å². The average Bonchev–Trinajstić information content (AvgIpc) is 3.81. The van der Waals surface area contributed by atoms with Crippen LogP contribution in [0.1, 0.15) is 74.0 Å². The largest absolute Gasteiger partial charge is 0.494 e. The maximum atomic E-state index is 15.4. The molecule has 0 spiro atoms. The summed E-state index contributed by atoms with van der Waals surface area (Å²) in [5.41, 5.74) is 9.95. The van der Waals surface area contributed by atoms with Gasteiger partial charge in [0.2, 0.25) is 0 Å². The number of pyridine rings is 1. The summed E-state index contributed by atoms with van der Waals surface area (Å²) in [6, 6.07) is 18.9. The Bertz CT molecular complexity index is 2690. The molecule has 5 heterocycles. The van der Waals surface area contributed by atoms with Crippen LogP contribution in [0.5, 0.6) is 5.75 Å². The maximum Gasteiger partial charge on any atom is 0.352 e. The zero-order valence-corrected chi connectivity index (χ0v) is 33.7. The molecule has 0 aliphatic carbocycles. The molecule has 1 aliphatic rings. The number of nitrogens with zero attached hydrogens (tertiary/aromatic N) is 6. The van der Waals surface area contributed by atoms with Gasteiger partial charge in [-0.25, -0.2) is 4.79 Å². The first-order chi connectivity index (χ1) is 26.8. The van der Waals surface area contributed by atoms with Crippen LogP contribution >= 0.6 is 23.2 Å². The van der Waals surface area contributed by atoms with Crippen LogP contribution in [0.3, 0.4) is 0 Å². The van der Waals surface area contributed by atoms with Gasteiger partial charge in [-0.15, -0.1) is 0 Å². The molecule has 1 amide bonds. The van der Waals surface area contributed by atoms with Gasteiger partial charge in [0.25, 0.3) is 5.91 Å². The van der Waals surface area contributed by atoms with E-state index in [9.17, 15) is 9.90 Å². The Balaban J connectivity index is 1.28. The summed E-state index contributed by atoms with van der Waals surface area (Å²) in [5, 5.41) is 18.0. The fourth-order valence-corrected chi connectivity index (χ4v) is 8.77. The number of halogens is 2. The first-order valence-electron chi connectivity index (χ1n) is 18.7. The van der Waals surface area contributed by atoms with E-state index >= 15 is 4.79 Å². The molecule has 286 valence electrons. The summed E-state index contributed by atoms with van der Waals surface area (Å²) in [7, 11) is 1.89. The number of rotatable bonds is 10. The van der Waals surface area contributed by atoms with E-state index in [0.29, 0.717) is 53.6 Å². The number of amides is 1. The van der Waals surface area contributed by atoms with Crippen LogP contribution in [0.2, 0.25) is 10.0 Å². The van der Waals surface area contributed by atoms with Gasteiger partial charge in [-0.05, 0) is 118 Å². The molecule has 56 heavy (non-hydrogen) atoms. The predicted octanol–water partition coefficient (Wildman–Crippen LogP) is 9.91. The zero-order chi connectivity index (χ0) is 39.6. The van der Waals surface area contributed by atoms with Gasteiger partial charge in [-0.1, -0.05) is 35.3 Å². The molecular formula is C44H42Cl2N6O4. The van der Waals surface area contributed by atoms with Crippen LogP contribution in [-0.4, -0.2) is 54.0 Å². The van der Waals surface area contributed by atoms with Crippen molar-refractivity contribution in [2.45, 2.75) is 60.0 Å². The highest BCUT2D eigenvalue weighted by atomic mass is 35.5. The lowest BCUT2D eigenvalue weighted by atomic mass is 9.99. The van der Waals surface area contributed by atoms with Crippen molar-refractivity contribution >= 4 is 62.6 Å². The number of ether oxygens (including phenoxy) is 1. The van der Waals surface area contributed by atoms with Crippen molar-refractivity contribution in [3.05, 3.63) is 128 Å². The number of hydrogen-bond acceptors (Lipinski definition) is 5. The highest BCUT2D eigenvalue weighted by Gasteiger charge is 2.38. The van der Waals surface area contributed by atoms with Crippen LogP contribution in [-0.2, 0) is 20.0 Å². The first-order valence-corrected chi connectivity index (χ1v) is 19.4. The number of carboxylic acid groups (broad SMARTS) is 1. The van der Waals surface area contributed by atoms with E-state index in [2.05, 4.69) is 21.6 Å². The molecule has 4 aromatic heterocycles. The number of anilines is 1. The van der Waals surface area contributed by atoms with Crippen molar-refractivity contribution in [2.24, 2.45) is 7.05 Å². The molecule has 1 N–H and O–H groups in total. The van der Waals surface area contributed by atoms with Crippen LogP contribution in [0, 0.1) is 27.7 Å². The lowest BCUT2D eigenvalue weighted by Gasteiger charge is -2.35. The molecule has 3 aromatic carbocycles. The van der Waals surface area contributed by atoms with Crippen molar-refractivity contribution in [1.29, 1.82) is 0 Å². The molecule has 0 unspecified atom stereocenters. The van der Waals surface area contributed by atoms with Crippen LogP contribution < -0.4 is 9.64 Å². The molecule has 8 rings (SSSR count). The summed E-state index contributed by atoms with van der Waals surface area (Å²) in [4.78, 5) is 34.4. The lowest BCUT2D eigenvalue weighted by molar-refractivity contribution is 0.0686. The fourth-order valence-electron chi connectivity index (χ4n) is 8.40. The minimum atomic E-state index is -1.05. The monoisotopic (exact) mass is 788 g/mol. The van der Waals surface area contributed by atoms with Gasteiger partial charge in [-0.2, -0.15) is 5.10 Å². The lowest BCUT2D eigenvalue weighted by Crippen LogP contribution is -2.43. The second-order valence-electron chi connectivity index (χ2n) is 14.9. The minimum absolute atomic E-state index is 0.127. The van der Waals surface area contributed by atoms with Crippen LogP contribution in [0.25, 0.3) is 32.9 Å². The van der Waals surface area contributed by atoms with Gasteiger partial charge >= 0.3 is 5.97 Å². The molecule has 10 nitrogen and oxygen atoms in total. The third kappa shape index (κ3) is 6.40. The molecule has 7 aromatic rings. The number of aromatic nitrogens is 5. The second-order valence-corrected chi connectivity index (χ2v) is 15.7. The third-order valence-corrected chi connectivity index (χ3v) is 11.7. The molecule has 0 fully saturated rings. The van der Waals surface area contributed by atoms with E-state index in [1.807, 2.05) is 100 Å². The van der Waals surface area contributed by atoms with Crippen molar-refractivity contribution in [3.8, 4) is 16.9 Å². The number of carbonyl (C=O) groups is 2. The van der Waals surface area contributed by atoms with Crippen LogP contribution in [0.15, 0.2) is 73.1 Å². The van der Waals surface area contributed by atoms with Gasteiger partial charge in [0, 0.05) is 58.9 Å². The van der Waals surface area contributed by atoms with Gasteiger partial charge in [0.15, 0.2) is 0 Å². The predicted molar refractivity (Wildman–Crippen MR) is 222 cm³/mol. The summed E-state index contributed by atoms with van der Waals surface area (Å²) in [5.74, 6) is -0.468. The molecule has 1 atom stereocenters. The Kier molecular flexibility index (Phi) is 9.66. The number of hydrogen-bond donors (Lipinski definition) is 1. The summed E-state index contributed by atoms with van der Waals surface area (Å²) in [6.07, 6.45) is 4.87. The number of aryl methyl sites for hydroxylation is 6. The van der Waals surface area contributed by atoms with Crippen molar-refractivity contribution in [2.75, 3.05) is 18.1 Å². The Labute approximate surface area is 334 Å².